The lowest BCUT2D eigenvalue weighted by molar-refractivity contribution is -0.152. The Labute approximate surface area is 147 Å². The first-order valence-corrected chi connectivity index (χ1v) is 9.34. The summed E-state index contributed by atoms with van der Waals surface area (Å²) in [6.45, 7) is 9.52. The number of rotatable bonds is 6. The quantitative estimate of drug-likeness (QED) is 0.677. The average molecular weight is 335 g/mol. The molecule has 4 atom stereocenters. The van der Waals surface area contributed by atoms with Crippen LogP contribution in [-0.4, -0.2) is 24.8 Å². The van der Waals surface area contributed by atoms with Crippen LogP contribution in [0.1, 0.15) is 66.2 Å². The third-order valence-corrected chi connectivity index (χ3v) is 6.93. The van der Waals surface area contributed by atoms with E-state index in [1.165, 1.54) is 11.1 Å². The first kappa shape index (κ1) is 19.2. The second kappa shape index (κ2) is 7.43. The maximum Gasteiger partial charge on any atom is 0.309 e. The molecule has 0 unspecified atom stereocenters. The summed E-state index contributed by atoms with van der Waals surface area (Å²) in [4.78, 5) is 12.0. The minimum atomic E-state index is -0.619. The van der Waals surface area contributed by atoms with Crippen LogP contribution in [0.15, 0.2) is 23.3 Å². The molecule has 1 saturated carbocycles. The molecule has 2 rings (SSSR count). The molecule has 0 aromatic heterocycles. The topological polar surface area (TPSA) is 46.5 Å². The predicted octanol–water partition coefficient (Wildman–Crippen LogP) is 5.22. The third kappa shape index (κ3) is 3.46. The Balaban J connectivity index is 2.24. The Kier molecular flexibility index (Phi) is 5.95. The molecule has 2 aliphatic rings. The van der Waals surface area contributed by atoms with E-state index in [1.807, 2.05) is 6.92 Å². The molecule has 136 valence electrons. The van der Waals surface area contributed by atoms with E-state index in [1.54, 1.807) is 7.11 Å². The number of methoxy groups -OCH3 is 1. The van der Waals surface area contributed by atoms with Crippen LogP contribution in [-0.2, 0) is 9.53 Å². The van der Waals surface area contributed by atoms with Crippen LogP contribution in [0.25, 0.3) is 0 Å². The Morgan fingerprint density at radius 3 is 2.75 bits per heavy atom. The lowest BCUT2D eigenvalue weighted by Crippen LogP contribution is -2.47. The van der Waals surface area contributed by atoms with Crippen molar-refractivity contribution in [1.29, 1.82) is 0 Å². The number of hydrogen-bond acceptors (Lipinski definition) is 2. The van der Waals surface area contributed by atoms with Crippen LogP contribution >= 0.6 is 0 Å². The Morgan fingerprint density at radius 1 is 1.42 bits per heavy atom. The van der Waals surface area contributed by atoms with Crippen LogP contribution in [0.4, 0.5) is 0 Å². The molecular weight excluding hydrogens is 300 g/mol. The zero-order valence-electron chi connectivity index (χ0n) is 16.0. The lowest BCUT2D eigenvalue weighted by Gasteiger charge is -2.52. The molecule has 0 amide bonds. The van der Waals surface area contributed by atoms with E-state index in [9.17, 15) is 9.90 Å². The largest absolute Gasteiger partial charge is 0.481 e. The SMILES string of the molecule is COC/C=C(\C)CC[C@]1(C)C2=CCC[C@](C)(C(=O)O)[C@H]2CC[C@H]1C. The molecule has 0 saturated heterocycles. The van der Waals surface area contributed by atoms with Crippen LogP contribution in [0.3, 0.4) is 0 Å². The molecule has 0 aromatic rings. The number of allylic oxidation sites excluding steroid dienone is 3. The van der Waals surface area contributed by atoms with Gasteiger partial charge in [-0.25, -0.2) is 0 Å². The van der Waals surface area contributed by atoms with Crippen LogP contribution in [0.2, 0.25) is 0 Å². The highest BCUT2D eigenvalue weighted by atomic mass is 16.5. The van der Waals surface area contributed by atoms with Gasteiger partial charge in [0, 0.05) is 7.11 Å². The van der Waals surface area contributed by atoms with Gasteiger partial charge >= 0.3 is 5.97 Å². The molecule has 0 heterocycles. The van der Waals surface area contributed by atoms with Crippen molar-refractivity contribution in [3.63, 3.8) is 0 Å². The fraction of sp³-hybridized carbons (Fsp3) is 0.762. The molecule has 0 aromatic carbocycles. The highest BCUT2D eigenvalue weighted by molar-refractivity contribution is 5.75. The monoisotopic (exact) mass is 334 g/mol. The summed E-state index contributed by atoms with van der Waals surface area (Å²) in [6.07, 6.45) is 10.5. The van der Waals surface area contributed by atoms with E-state index in [2.05, 4.69) is 32.9 Å². The van der Waals surface area contributed by atoms with Gasteiger partial charge in [0.15, 0.2) is 0 Å². The second-order valence-corrected chi connectivity index (χ2v) is 8.38. The predicted molar refractivity (Wildman–Crippen MR) is 97.9 cm³/mol. The molecule has 0 bridgehead atoms. The minimum absolute atomic E-state index is 0.113. The zero-order chi connectivity index (χ0) is 18.0. The maximum absolute atomic E-state index is 12.0. The van der Waals surface area contributed by atoms with E-state index >= 15 is 0 Å². The van der Waals surface area contributed by atoms with Crippen molar-refractivity contribution in [2.45, 2.75) is 66.2 Å². The Morgan fingerprint density at radius 2 is 2.12 bits per heavy atom. The average Bonchev–Trinajstić information content (AvgIpc) is 2.55. The number of fused-ring (bicyclic) bond motifs is 1. The van der Waals surface area contributed by atoms with Crippen molar-refractivity contribution in [3.8, 4) is 0 Å². The summed E-state index contributed by atoms with van der Waals surface area (Å²) in [5.74, 6) is 0.186. The summed E-state index contributed by atoms with van der Waals surface area (Å²) >= 11 is 0. The van der Waals surface area contributed by atoms with Crippen molar-refractivity contribution in [2.24, 2.45) is 22.7 Å². The van der Waals surface area contributed by atoms with Gasteiger partial charge in [-0.1, -0.05) is 37.1 Å². The lowest BCUT2D eigenvalue weighted by atomic mass is 9.51. The number of ether oxygens (including phenoxy) is 1. The molecule has 1 N–H and O–H groups in total. The number of hydrogen-bond donors (Lipinski definition) is 1. The molecule has 2 aliphatic carbocycles. The molecule has 1 fully saturated rings. The van der Waals surface area contributed by atoms with Gasteiger partial charge in [-0.3, -0.25) is 4.79 Å². The van der Waals surface area contributed by atoms with Crippen molar-refractivity contribution in [1.82, 2.24) is 0 Å². The fourth-order valence-electron chi connectivity index (χ4n) is 4.74. The van der Waals surface area contributed by atoms with Crippen molar-refractivity contribution >= 4 is 5.97 Å². The summed E-state index contributed by atoms with van der Waals surface area (Å²) in [6, 6.07) is 0. The molecule has 0 spiro atoms. The minimum Gasteiger partial charge on any atom is -0.481 e. The van der Waals surface area contributed by atoms with Gasteiger partial charge in [0.25, 0.3) is 0 Å². The summed E-state index contributed by atoms with van der Waals surface area (Å²) in [5, 5.41) is 9.84. The highest BCUT2D eigenvalue weighted by Gasteiger charge is 2.52. The molecular formula is C21H34O3. The van der Waals surface area contributed by atoms with Crippen LogP contribution in [0, 0.1) is 22.7 Å². The van der Waals surface area contributed by atoms with Gasteiger partial charge in [0.1, 0.15) is 0 Å². The summed E-state index contributed by atoms with van der Waals surface area (Å²) in [5.41, 5.74) is 2.32. The van der Waals surface area contributed by atoms with Crippen molar-refractivity contribution < 1.29 is 14.6 Å². The van der Waals surface area contributed by atoms with Crippen molar-refractivity contribution in [3.05, 3.63) is 23.3 Å². The molecule has 0 radical (unpaired) electrons. The van der Waals surface area contributed by atoms with Gasteiger partial charge in [0.05, 0.1) is 12.0 Å². The maximum atomic E-state index is 12.0. The first-order chi connectivity index (χ1) is 11.3. The van der Waals surface area contributed by atoms with Gasteiger partial charge < -0.3 is 9.84 Å². The van der Waals surface area contributed by atoms with E-state index in [-0.39, 0.29) is 11.3 Å². The van der Waals surface area contributed by atoms with E-state index in [0.717, 1.165) is 38.5 Å². The smallest absolute Gasteiger partial charge is 0.309 e. The molecule has 3 nitrogen and oxygen atoms in total. The Bertz CT molecular complexity index is 533. The zero-order valence-corrected chi connectivity index (χ0v) is 16.0. The number of aliphatic carboxylic acids is 1. The second-order valence-electron chi connectivity index (χ2n) is 8.38. The van der Waals surface area contributed by atoms with Crippen LogP contribution < -0.4 is 0 Å². The normalized spacial score (nSPS) is 36.9. The first-order valence-electron chi connectivity index (χ1n) is 9.34. The number of carbonyl (C=O) groups is 1. The van der Waals surface area contributed by atoms with Gasteiger partial charge in [0.2, 0.25) is 0 Å². The Hall–Kier alpha value is -1.09. The van der Waals surface area contributed by atoms with Crippen LogP contribution in [0.5, 0.6) is 0 Å². The third-order valence-electron chi connectivity index (χ3n) is 6.93. The van der Waals surface area contributed by atoms with E-state index in [0.29, 0.717) is 12.5 Å². The fourth-order valence-corrected chi connectivity index (χ4v) is 4.74. The number of carboxylic acids is 1. The highest BCUT2D eigenvalue weighted by Crippen LogP contribution is 2.58. The van der Waals surface area contributed by atoms with E-state index < -0.39 is 11.4 Å². The van der Waals surface area contributed by atoms with Gasteiger partial charge in [-0.15, -0.1) is 0 Å². The van der Waals surface area contributed by atoms with Crippen molar-refractivity contribution in [2.75, 3.05) is 13.7 Å². The summed E-state index contributed by atoms with van der Waals surface area (Å²) in [7, 11) is 1.72. The number of carboxylic acid groups (broad SMARTS) is 1. The molecule has 0 aliphatic heterocycles. The standard InChI is InChI=1S/C21H34O3/c1-15(11-14-24-5)10-13-20(3)16(2)8-9-18-17(20)7-6-12-21(18,4)19(22)23/h7,11,16,18H,6,8-10,12-14H2,1-5H3,(H,22,23)/b15-11+/t16-,18+,20+,21+/m1/s1. The molecule has 24 heavy (non-hydrogen) atoms. The van der Waals surface area contributed by atoms with E-state index in [4.69, 9.17) is 4.74 Å². The molecule has 3 heteroatoms. The van der Waals surface area contributed by atoms with Gasteiger partial charge in [-0.05, 0) is 69.6 Å². The summed E-state index contributed by atoms with van der Waals surface area (Å²) < 4.78 is 5.14. The van der Waals surface area contributed by atoms with Gasteiger partial charge in [-0.2, -0.15) is 0 Å².